The van der Waals surface area contributed by atoms with Crippen LogP contribution in [0.15, 0.2) is 59.0 Å². The monoisotopic (exact) mass is 511 g/mol. The largest absolute Gasteiger partial charge is 0.872 e. The van der Waals surface area contributed by atoms with Gasteiger partial charge < -0.3 is 14.9 Å². The van der Waals surface area contributed by atoms with E-state index in [1.54, 1.807) is 0 Å². The lowest BCUT2D eigenvalue weighted by Crippen LogP contribution is -3.13. The number of rotatable bonds is 7. The number of Topliss-reactive ketones (excluding diaryl/α,β-unsaturated/α-hetero) is 1. The zero-order valence-corrected chi connectivity index (χ0v) is 21.8. The predicted octanol–water partition coefficient (Wildman–Crippen LogP) is 0.538. The lowest BCUT2D eigenvalue weighted by molar-refractivity contribution is -0.904. The molecule has 0 bridgehead atoms. The van der Waals surface area contributed by atoms with Crippen LogP contribution in [0.4, 0.5) is 0 Å². The molecule has 2 aliphatic heterocycles. The summed E-state index contributed by atoms with van der Waals surface area (Å²) >= 11 is 0. The Morgan fingerprint density at radius 2 is 1.61 bits per heavy atom. The third-order valence-corrected chi connectivity index (χ3v) is 8.91. The van der Waals surface area contributed by atoms with Crippen LogP contribution in [-0.4, -0.2) is 69.6 Å². The van der Waals surface area contributed by atoms with Crippen LogP contribution in [0.5, 0.6) is 0 Å². The van der Waals surface area contributed by atoms with Gasteiger partial charge in [-0.1, -0.05) is 47.7 Å². The first-order valence-electron chi connectivity index (χ1n) is 12.3. The summed E-state index contributed by atoms with van der Waals surface area (Å²) in [6.07, 6.45) is 3.52. The van der Waals surface area contributed by atoms with Crippen molar-refractivity contribution in [1.82, 2.24) is 9.21 Å². The zero-order chi connectivity index (χ0) is 26.0. The van der Waals surface area contributed by atoms with E-state index in [2.05, 4.69) is 0 Å². The fraction of sp³-hybridized carbons (Fsp3) is 0.407. The molecule has 2 fully saturated rings. The van der Waals surface area contributed by atoms with Crippen LogP contribution in [0.2, 0.25) is 0 Å². The number of amides is 1. The molecule has 2 aromatic rings. The molecule has 9 heteroatoms. The Balaban J connectivity index is 1.72. The summed E-state index contributed by atoms with van der Waals surface area (Å²) in [5, 5.41) is 13.6. The number of aryl methyl sites for hydroxylation is 1. The van der Waals surface area contributed by atoms with E-state index in [9.17, 15) is 23.1 Å². The third-order valence-electron chi connectivity index (χ3n) is 7.08. The molecule has 0 radical (unpaired) electrons. The van der Waals surface area contributed by atoms with Gasteiger partial charge in [-0.15, -0.1) is 0 Å². The SMILES string of the molecule is Cc1ccc(C2C(=C([O-])c3ccc(S(=O)(=O)N(C)C)cc3)C(=O)C(=O)N2CC[NH+]2CCCCC2)cc1. The van der Waals surface area contributed by atoms with Crippen molar-refractivity contribution in [2.45, 2.75) is 37.1 Å². The summed E-state index contributed by atoms with van der Waals surface area (Å²) in [5.74, 6) is -2.00. The summed E-state index contributed by atoms with van der Waals surface area (Å²) in [7, 11) is -0.799. The second kappa shape index (κ2) is 10.5. The van der Waals surface area contributed by atoms with Crippen LogP contribution in [0, 0.1) is 6.92 Å². The smallest absolute Gasteiger partial charge is 0.295 e. The Morgan fingerprint density at radius 1 is 1.00 bits per heavy atom. The van der Waals surface area contributed by atoms with E-state index in [1.807, 2.05) is 31.2 Å². The van der Waals surface area contributed by atoms with Gasteiger partial charge in [0.1, 0.15) is 0 Å². The molecule has 2 aromatic carbocycles. The molecule has 8 nitrogen and oxygen atoms in total. The lowest BCUT2D eigenvalue weighted by atomic mass is 9.95. The molecule has 0 saturated carbocycles. The van der Waals surface area contributed by atoms with E-state index in [0.29, 0.717) is 12.1 Å². The van der Waals surface area contributed by atoms with Crippen LogP contribution in [0.1, 0.15) is 42.0 Å². The molecule has 0 aliphatic carbocycles. The van der Waals surface area contributed by atoms with E-state index in [1.165, 1.54) is 54.6 Å². The van der Waals surface area contributed by atoms with Gasteiger partial charge in [0.25, 0.3) is 5.91 Å². The molecule has 0 aromatic heterocycles. The normalized spacial score (nSPS) is 20.9. The Kier molecular flexibility index (Phi) is 7.63. The first-order chi connectivity index (χ1) is 17.1. The average Bonchev–Trinajstić information content (AvgIpc) is 3.13. The highest BCUT2D eigenvalue weighted by atomic mass is 32.2. The molecule has 2 heterocycles. The van der Waals surface area contributed by atoms with E-state index >= 15 is 0 Å². The molecule has 1 amide bonds. The first kappa shape index (κ1) is 26.1. The van der Waals surface area contributed by atoms with Crippen molar-refractivity contribution in [3.63, 3.8) is 0 Å². The van der Waals surface area contributed by atoms with Crippen LogP contribution in [0.3, 0.4) is 0 Å². The van der Waals surface area contributed by atoms with E-state index in [4.69, 9.17) is 0 Å². The number of piperidine rings is 1. The molecule has 2 aliphatic rings. The Bertz CT molecular complexity index is 1260. The Labute approximate surface area is 212 Å². The number of hydrogen-bond acceptors (Lipinski definition) is 5. The summed E-state index contributed by atoms with van der Waals surface area (Å²) in [6, 6.07) is 12.2. The van der Waals surface area contributed by atoms with Gasteiger partial charge >= 0.3 is 0 Å². The third kappa shape index (κ3) is 5.09. The predicted molar refractivity (Wildman–Crippen MR) is 134 cm³/mol. The minimum atomic E-state index is -3.66. The molecule has 192 valence electrons. The molecule has 36 heavy (non-hydrogen) atoms. The highest BCUT2D eigenvalue weighted by Gasteiger charge is 2.44. The number of nitrogens with one attached hydrogen (secondary N) is 1. The number of carbonyl (C=O) groups excluding carboxylic acids is 2. The molecular formula is C27H33N3O5S. The minimum absolute atomic E-state index is 0.0455. The van der Waals surface area contributed by atoms with Gasteiger partial charge in [-0.2, -0.15) is 0 Å². The van der Waals surface area contributed by atoms with Crippen molar-refractivity contribution in [1.29, 1.82) is 0 Å². The molecule has 0 spiro atoms. The standard InChI is InChI=1S/C27H33N3O5S/c1-19-7-9-20(10-8-19)24-23(25(31)21-11-13-22(14-12-21)36(34,35)28(2)3)26(32)27(33)30(24)18-17-29-15-5-4-6-16-29/h7-14,24,31H,4-6,15-18H2,1-3H3. The van der Waals surface area contributed by atoms with E-state index < -0.39 is 33.5 Å². The Hall–Kier alpha value is -3.01. The summed E-state index contributed by atoms with van der Waals surface area (Å²) in [4.78, 5) is 29.3. The van der Waals surface area contributed by atoms with Gasteiger partial charge in [0.15, 0.2) is 0 Å². The van der Waals surface area contributed by atoms with Crippen LogP contribution < -0.4 is 10.0 Å². The van der Waals surface area contributed by atoms with Crippen molar-refractivity contribution < 1.29 is 28.0 Å². The number of sulfonamides is 1. The van der Waals surface area contributed by atoms with E-state index in [0.717, 1.165) is 42.3 Å². The van der Waals surface area contributed by atoms with Crippen molar-refractivity contribution in [3.05, 3.63) is 70.8 Å². The van der Waals surface area contributed by atoms with Gasteiger partial charge in [0, 0.05) is 19.7 Å². The molecule has 1 atom stereocenters. The van der Waals surface area contributed by atoms with Gasteiger partial charge in [-0.3, -0.25) is 9.59 Å². The van der Waals surface area contributed by atoms with Crippen molar-refractivity contribution in [2.24, 2.45) is 0 Å². The summed E-state index contributed by atoms with van der Waals surface area (Å²) < 4.78 is 25.9. The lowest BCUT2D eigenvalue weighted by Gasteiger charge is -2.30. The maximum atomic E-state index is 13.6. The minimum Gasteiger partial charge on any atom is -0.872 e. The molecule has 2 saturated heterocycles. The first-order valence-corrected chi connectivity index (χ1v) is 13.7. The number of quaternary nitrogens is 1. The average molecular weight is 512 g/mol. The van der Waals surface area contributed by atoms with Crippen LogP contribution in [0.25, 0.3) is 5.76 Å². The van der Waals surface area contributed by atoms with Crippen molar-refractivity contribution in [2.75, 3.05) is 40.3 Å². The Morgan fingerprint density at radius 3 is 2.19 bits per heavy atom. The molecular weight excluding hydrogens is 478 g/mol. The fourth-order valence-corrected chi connectivity index (χ4v) is 5.82. The van der Waals surface area contributed by atoms with Gasteiger partial charge in [-0.05, 0) is 49.4 Å². The molecule has 1 N–H and O–H groups in total. The highest BCUT2D eigenvalue weighted by Crippen LogP contribution is 2.38. The highest BCUT2D eigenvalue weighted by molar-refractivity contribution is 7.89. The quantitative estimate of drug-likeness (QED) is 0.332. The topological polar surface area (TPSA) is 102 Å². The van der Waals surface area contributed by atoms with Gasteiger partial charge in [0.2, 0.25) is 15.8 Å². The summed E-state index contributed by atoms with van der Waals surface area (Å²) in [6.45, 7) is 5.15. The maximum Gasteiger partial charge on any atom is 0.295 e. The second-order valence-electron chi connectivity index (χ2n) is 9.76. The maximum absolute atomic E-state index is 13.6. The summed E-state index contributed by atoms with van der Waals surface area (Å²) in [5.41, 5.74) is 1.83. The van der Waals surface area contributed by atoms with Crippen molar-refractivity contribution in [3.8, 4) is 0 Å². The van der Waals surface area contributed by atoms with Crippen LogP contribution >= 0.6 is 0 Å². The van der Waals surface area contributed by atoms with Gasteiger partial charge in [-0.25, -0.2) is 12.7 Å². The number of likely N-dealkylation sites (tertiary alicyclic amines) is 2. The number of carbonyl (C=O) groups is 2. The number of ketones is 1. The number of nitrogens with zero attached hydrogens (tertiary/aromatic N) is 2. The van der Waals surface area contributed by atoms with Gasteiger partial charge in [0.05, 0.1) is 37.1 Å². The number of benzene rings is 2. The zero-order valence-electron chi connectivity index (χ0n) is 21.0. The van der Waals surface area contributed by atoms with Crippen molar-refractivity contribution >= 4 is 27.5 Å². The molecule has 4 rings (SSSR count). The number of hydrogen-bond donors (Lipinski definition) is 1. The van der Waals surface area contributed by atoms with Crippen LogP contribution in [-0.2, 0) is 19.6 Å². The van der Waals surface area contributed by atoms with E-state index in [-0.39, 0.29) is 16.0 Å². The fourth-order valence-electron chi connectivity index (χ4n) is 4.92. The second-order valence-corrected chi connectivity index (χ2v) is 11.9. The molecule has 1 unspecified atom stereocenters.